The van der Waals surface area contributed by atoms with E-state index in [2.05, 4.69) is 20.4 Å². The van der Waals surface area contributed by atoms with Crippen LogP contribution in [-0.2, 0) is 27.2 Å². The van der Waals surface area contributed by atoms with E-state index in [0.29, 0.717) is 18.7 Å². The smallest absolute Gasteiger partial charge is 0.306 e. The molecule has 146 valence electrons. The summed E-state index contributed by atoms with van der Waals surface area (Å²) in [6.45, 7) is 4.02. The Bertz CT molecular complexity index is 969. The second-order valence-corrected chi connectivity index (χ2v) is 6.48. The van der Waals surface area contributed by atoms with Gasteiger partial charge in [0.2, 0.25) is 0 Å². The topological polar surface area (TPSA) is 98.5 Å². The van der Waals surface area contributed by atoms with Gasteiger partial charge >= 0.3 is 5.97 Å². The van der Waals surface area contributed by atoms with Crippen molar-refractivity contribution >= 4 is 17.7 Å². The molecular formula is C20H23N5O3. The van der Waals surface area contributed by atoms with E-state index in [1.165, 1.54) is 6.33 Å². The molecule has 3 aromatic rings. The number of nitrogens with one attached hydrogen (secondary N) is 1. The van der Waals surface area contributed by atoms with Gasteiger partial charge < -0.3 is 10.1 Å². The van der Waals surface area contributed by atoms with Crippen LogP contribution in [0.1, 0.15) is 28.9 Å². The van der Waals surface area contributed by atoms with Gasteiger partial charge in [0.25, 0.3) is 11.7 Å². The lowest BCUT2D eigenvalue weighted by atomic mass is 10.1. The number of ether oxygens (including phenoxy) is 1. The largest absolute Gasteiger partial charge is 0.456 e. The summed E-state index contributed by atoms with van der Waals surface area (Å²) in [6.07, 6.45) is 2.82. The van der Waals surface area contributed by atoms with Crippen molar-refractivity contribution in [1.29, 1.82) is 0 Å². The molecule has 0 aliphatic rings. The van der Waals surface area contributed by atoms with E-state index < -0.39 is 5.97 Å². The normalized spacial score (nSPS) is 10.8. The van der Waals surface area contributed by atoms with Gasteiger partial charge in [-0.2, -0.15) is 10.1 Å². The molecule has 1 N–H and O–H groups in total. The molecular weight excluding hydrogens is 358 g/mol. The number of carbonyl (C=O) groups excluding carboxylic acids is 2. The minimum atomic E-state index is -0.421. The van der Waals surface area contributed by atoms with Gasteiger partial charge in [0.05, 0.1) is 0 Å². The molecule has 0 fully saturated rings. The summed E-state index contributed by atoms with van der Waals surface area (Å²) in [7, 11) is 0. The highest BCUT2D eigenvalue weighted by molar-refractivity contribution is 5.80. The molecule has 2 aromatic heterocycles. The Morgan fingerprint density at radius 1 is 1.14 bits per heavy atom. The zero-order chi connectivity index (χ0) is 19.9. The molecule has 0 spiro atoms. The molecule has 0 saturated heterocycles. The van der Waals surface area contributed by atoms with Crippen molar-refractivity contribution in [1.82, 2.24) is 24.9 Å². The molecule has 0 unspecified atom stereocenters. The first-order chi connectivity index (χ1) is 13.5. The molecule has 8 nitrogen and oxygen atoms in total. The van der Waals surface area contributed by atoms with Crippen LogP contribution in [0.2, 0.25) is 0 Å². The van der Waals surface area contributed by atoms with Crippen molar-refractivity contribution in [2.75, 3.05) is 13.2 Å². The molecule has 2 heterocycles. The summed E-state index contributed by atoms with van der Waals surface area (Å²) >= 11 is 0. The van der Waals surface area contributed by atoms with Crippen LogP contribution in [0.3, 0.4) is 0 Å². The van der Waals surface area contributed by atoms with Crippen LogP contribution in [0, 0.1) is 13.8 Å². The lowest BCUT2D eigenvalue weighted by Gasteiger charge is -2.10. The number of benzene rings is 1. The number of esters is 1. The highest BCUT2D eigenvalue weighted by Crippen LogP contribution is 2.15. The van der Waals surface area contributed by atoms with Gasteiger partial charge in [-0.25, -0.2) is 9.50 Å². The van der Waals surface area contributed by atoms with Crippen molar-refractivity contribution in [2.45, 2.75) is 33.1 Å². The Labute approximate surface area is 163 Å². The number of hydrogen-bond donors (Lipinski definition) is 1. The van der Waals surface area contributed by atoms with Crippen LogP contribution in [0.25, 0.3) is 5.78 Å². The number of fused-ring (bicyclic) bond motifs is 1. The molecule has 0 aliphatic carbocycles. The minimum Gasteiger partial charge on any atom is -0.456 e. The second kappa shape index (κ2) is 9.07. The SMILES string of the molecule is Cc1nc2ncnn2c(C)c1CCC(=O)OCC(=O)NCCc1ccccc1. The van der Waals surface area contributed by atoms with Gasteiger partial charge in [0, 0.05) is 24.4 Å². The summed E-state index contributed by atoms with van der Waals surface area (Å²) in [5.74, 6) is -0.188. The van der Waals surface area contributed by atoms with Crippen LogP contribution in [0.15, 0.2) is 36.7 Å². The predicted molar refractivity (Wildman–Crippen MR) is 103 cm³/mol. The number of carbonyl (C=O) groups is 2. The van der Waals surface area contributed by atoms with Crippen LogP contribution in [-0.4, -0.2) is 44.6 Å². The van der Waals surface area contributed by atoms with Crippen molar-refractivity contribution in [3.63, 3.8) is 0 Å². The average Bonchev–Trinajstić information content (AvgIpc) is 3.15. The number of nitrogens with zero attached hydrogens (tertiary/aromatic N) is 4. The highest BCUT2D eigenvalue weighted by Gasteiger charge is 2.14. The summed E-state index contributed by atoms with van der Waals surface area (Å²) < 4.78 is 6.72. The zero-order valence-corrected chi connectivity index (χ0v) is 16.0. The lowest BCUT2D eigenvalue weighted by Crippen LogP contribution is -2.30. The third kappa shape index (κ3) is 4.91. The quantitative estimate of drug-likeness (QED) is 0.595. The first-order valence-corrected chi connectivity index (χ1v) is 9.16. The van der Waals surface area contributed by atoms with E-state index >= 15 is 0 Å². The first kappa shape index (κ1) is 19.5. The average molecular weight is 381 g/mol. The van der Waals surface area contributed by atoms with Crippen molar-refractivity contribution < 1.29 is 14.3 Å². The maximum absolute atomic E-state index is 12.0. The first-order valence-electron chi connectivity index (χ1n) is 9.16. The van der Waals surface area contributed by atoms with E-state index in [9.17, 15) is 9.59 Å². The van der Waals surface area contributed by atoms with Crippen molar-refractivity contribution in [3.05, 3.63) is 59.2 Å². The van der Waals surface area contributed by atoms with Gasteiger partial charge in [0.1, 0.15) is 6.33 Å². The van der Waals surface area contributed by atoms with E-state index in [1.54, 1.807) is 4.52 Å². The molecule has 0 aliphatic heterocycles. The maximum atomic E-state index is 12.0. The molecule has 1 amide bonds. The highest BCUT2D eigenvalue weighted by atomic mass is 16.5. The third-order valence-corrected chi connectivity index (χ3v) is 4.51. The fourth-order valence-corrected chi connectivity index (χ4v) is 3.00. The standard InChI is InChI=1S/C20H23N5O3/c1-14-17(15(2)25-20(24-14)22-13-23-25)8-9-19(27)28-12-18(26)21-11-10-16-6-4-3-5-7-16/h3-7,13H,8-12H2,1-2H3,(H,21,26). The Morgan fingerprint density at radius 3 is 2.71 bits per heavy atom. The fraction of sp³-hybridized carbons (Fsp3) is 0.350. The van der Waals surface area contributed by atoms with Gasteiger partial charge in [0.15, 0.2) is 6.61 Å². The number of hydrogen-bond acceptors (Lipinski definition) is 6. The number of aryl methyl sites for hydroxylation is 2. The summed E-state index contributed by atoms with van der Waals surface area (Å²) in [6, 6.07) is 9.87. The molecule has 28 heavy (non-hydrogen) atoms. The van der Waals surface area contributed by atoms with Gasteiger partial charge in [-0.3, -0.25) is 9.59 Å². The zero-order valence-electron chi connectivity index (χ0n) is 16.0. The van der Waals surface area contributed by atoms with Crippen LogP contribution < -0.4 is 5.32 Å². The Balaban J connectivity index is 1.41. The molecule has 0 bridgehead atoms. The molecule has 0 saturated carbocycles. The van der Waals surface area contributed by atoms with Crippen molar-refractivity contribution in [2.24, 2.45) is 0 Å². The van der Waals surface area contributed by atoms with E-state index in [1.807, 2.05) is 44.2 Å². The lowest BCUT2D eigenvalue weighted by molar-refractivity contribution is -0.148. The molecule has 0 atom stereocenters. The third-order valence-electron chi connectivity index (χ3n) is 4.51. The maximum Gasteiger partial charge on any atom is 0.306 e. The van der Waals surface area contributed by atoms with Gasteiger partial charge in [-0.1, -0.05) is 30.3 Å². The van der Waals surface area contributed by atoms with Crippen LogP contribution >= 0.6 is 0 Å². The van der Waals surface area contributed by atoms with E-state index in [4.69, 9.17) is 4.74 Å². The molecule has 3 rings (SSSR count). The van der Waals surface area contributed by atoms with E-state index in [0.717, 1.165) is 28.9 Å². The summed E-state index contributed by atoms with van der Waals surface area (Å²) in [5.41, 5.74) is 3.78. The molecule has 8 heteroatoms. The number of amides is 1. The van der Waals surface area contributed by atoms with Gasteiger partial charge in [-0.15, -0.1) is 0 Å². The Morgan fingerprint density at radius 2 is 1.93 bits per heavy atom. The number of aromatic nitrogens is 4. The second-order valence-electron chi connectivity index (χ2n) is 6.48. The Kier molecular flexibility index (Phi) is 6.31. The van der Waals surface area contributed by atoms with E-state index in [-0.39, 0.29) is 18.9 Å². The molecule has 0 radical (unpaired) electrons. The fourth-order valence-electron chi connectivity index (χ4n) is 3.00. The predicted octanol–water partition coefficient (Wildman–Crippen LogP) is 1.58. The minimum absolute atomic E-state index is 0.168. The van der Waals surface area contributed by atoms with Crippen molar-refractivity contribution in [3.8, 4) is 0 Å². The number of rotatable bonds is 8. The van der Waals surface area contributed by atoms with Crippen LogP contribution in [0.5, 0.6) is 0 Å². The van der Waals surface area contributed by atoms with Gasteiger partial charge in [-0.05, 0) is 37.8 Å². The Hall–Kier alpha value is -3.29. The van der Waals surface area contributed by atoms with Crippen LogP contribution in [0.4, 0.5) is 0 Å². The summed E-state index contributed by atoms with van der Waals surface area (Å²) in [4.78, 5) is 32.3. The summed E-state index contributed by atoms with van der Waals surface area (Å²) in [5, 5.41) is 6.88. The monoisotopic (exact) mass is 381 g/mol. The molecule has 1 aromatic carbocycles.